The highest BCUT2D eigenvalue weighted by Gasteiger charge is 2.29. The van der Waals surface area contributed by atoms with Gasteiger partial charge >= 0.3 is 0 Å². The van der Waals surface area contributed by atoms with Crippen molar-refractivity contribution in [2.45, 2.75) is 45.8 Å². The number of hydrogen-bond donors (Lipinski definition) is 1. The van der Waals surface area contributed by atoms with E-state index in [1.165, 1.54) is 0 Å². The zero-order valence-corrected chi connectivity index (χ0v) is 14.3. The zero-order chi connectivity index (χ0) is 16.8. The van der Waals surface area contributed by atoms with Gasteiger partial charge in [-0.25, -0.2) is 8.42 Å². The van der Waals surface area contributed by atoms with Crippen LogP contribution in [0, 0.1) is 6.92 Å². The first kappa shape index (κ1) is 16.0. The molecule has 2 aromatic heterocycles. The van der Waals surface area contributed by atoms with Gasteiger partial charge in [0.25, 0.3) is 0 Å². The Balaban J connectivity index is 1.76. The number of nitrogens with zero attached hydrogens (tertiary/aromatic N) is 4. The SMILES string of the molecule is Cc1nn(C(C)C)c2cnn(CC(=O)N[C@@H]3CCS(=O)(=O)C3)c12. The highest BCUT2D eigenvalue weighted by atomic mass is 32.2. The molecular weight excluding hydrogens is 318 g/mol. The van der Waals surface area contributed by atoms with E-state index in [1.54, 1.807) is 10.9 Å². The molecule has 8 nitrogen and oxygen atoms in total. The minimum Gasteiger partial charge on any atom is -0.351 e. The molecule has 0 bridgehead atoms. The molecular formula is C14H21N5O3S. The summed E-state index contributed by atoms with van der Waals surface area (Å²) in [4.78, 5) is 12.2. The normalized spacial score (nSPS) is 20.4. The molecule has 0 unspecified atom stereocenters. The average molecular weight is 339 g/mol. The van der Waals surface area contributed by atoms with Crippen LogP contribution in [0.3, 0.4) is 0 Å². The molecule has 0 aromatic carbocycles. The van der Waals surface area contributed by atoms with Crippen molar-refractivity contribution >= 4 is 26.8 Å². The van der Waals surface area contributed by atoms with Crippen molar-refractivity contribution in [2.24, 2.45) is 0 Å². The lowest BCUT2D eigenvalue weighted by Gasteiger charge is -2.11. The Labute approximate surface area is 134 Å². The van der Waals surface area contributed by atoms with E-state index in [0.717, 1.165) is 16.7 Å². The Morgan fingerprint density at radius 3 is 2.83 bits per heavy atom. The lowest BCUT2D eigenvalue weighted by Crippen LogP contribution is -2.37. The van der Waals surface area contributed by atoms with Gasteiger partial charge in [0.2, 0.25) is 5.91 Å². The minimum absolute atomic E-state index is 0.0254. The van der Waals surface area contributed by atoms with Crippen LogP contribution in [0.4, 0.5) is 0 Å². The van der Waals surface area contributed by atoms with Crippen molar-refractivity contribution in [3.63, 3.8) is 0 Å². The molecule has 1 fully saturated rings. The smallest absolute Gasteiger partial charge is 0.242 e. The number of sulfone groups is 1. The molecule has 1 amide bonds. The van der Waals surface area contributed by atoms with Crippen molar-refractivity contribution < 1.29 is 13.2 Å². The maximum atomic E-state index is 12.2. The summed E-state index contributed by atoms with van der Waals surface area (Å²) in [6, 6.07) is -0.0839. The van der Waals surface area contributed by atoms with Crippen LogP contribution in [-0.2, 0) is 21.2 Å². The Morgan fingerprint density at radius 1 is 1.48 bits per heavy atom. The summed E-state index contributed by atoms with van der Waals surface area (Å²) in [6.45, 7) is 6.03. The maximum Gasteiger partial charge on any atom is 0.242 e. The molecule has 3 heterocycles. The second-order valence-electron chi connectivity index (χ2n) is 6.33. The summed E-state index contributed by atoms with van der Waals surface area (Å²) in [6.07, 6.45) is 2.19. The molecule has 2 aromatic rings. The van der Waals surface area contributed by atoms with E-state index in [-0.39, 0.29) is 36.0 Å². The third-order valence-corrected chi connectivity index (χ3v) is 5.82. The van der Waals surface area contributed by atoms with Gasteiger partial charge in [0, 0.05) is 12.1 Å². The molecule has 1 N–H and O–H groups in total. The summed E-state index contributed by atoms with van der Waals surface area (Å²) < 4.78 is 26.4. The van der Waals surface area contributed by atoms with Crippen molar-refractivity contribution in [3.8, 4) is 0 Å². The van der Waals surface area contributed by atoms with Gasteiger partial charge in [0.05, 0.1) is 23.4 Å². The van der Waals surface area contributed by atoms with Crippen molar-refractivity contribution in [1.29, 1.82) is 0 Å². The van der Waals surface area contributed by atoms with Gasteiger partial charge in [-0.05, 0) is 27.2 Å². The van der Waals surface area contributed by atoms with Gasteiger partial charge in [0.1, 0.15) is 17.6 Å². The van der Waals surface area contributed by atoms with Gasteiger partial charge < -0.3 is 5.32 Å². The standard InChI is InChI=1S/C14H21N5O3S/c1-9(2)19-12-6-15-18(14(12)10(3)17-19)7-13(20)16-11-4-5-23(21,22)8-11/h6,9,11H,4-5,7-8H2,1-3H3,(H,16,20)/t11-/m1/s1. The quantitative estimate of drug-likeness (QED) is 0.871. The molecule has 1 atom stereocenters. The fourth-order valence-corrected chi connectivity index (χ4v) is 4.68. The number of hydrogen-bond acceptors (Lipinski definition) is 5. The van der Waals surface area contributed by atoms with E-state index in [2.05, 4.69) is 15.5 Å². The molecule has 0 spiro atoms. The van der Waals surface area contributed by atoms with E-state index >= 15 is 0 Å². The Kier molecular flexibility index (Phi) is 3.91. The molecule has 1 saturated heterocycles. The number of amides is 1. The van der Waals surface area contributed by atoms with Gasteiger partial charge in [0.15, 0.2) is 9.84 Å². The van der Waals surface area contributed by atoms with Gasteiger partial charge in [-0.15, -0.1) is 0 Å². The number of fused-ring (bicyclic) bond motifs is 1. The van der Waals surface area contributed by atoms with E-state index in [9.17, 15) is 13.2 Å². The van der Waals surface area contributed by atoms with Crippen LogP contribution in [0.1, 0.15) is 32.0 Å². The number of carbonyl (C=O) groups is 1. The van der Waals surface area contributed by atoms with Crippen LogP contribution < -0.4 is 5.32 Å². The van der Waals surface area contributed by atoms with Gasteiger partial charge in [-0.2, -0.15) is 10.2 Å². The Morgan fingerprint density at radius 2 is 2.22 bits per heavy atom. The Hall–Kier alpha value is -1.90. The maximum absolute atomic E-state index is 12.2. The van der Waals surface area contributed by atoms with Crippen LogP contribution in [0.5, 0.6) is 0 Å². The van der Waals surface area contributed by atoms with Crippen molar-refractivity contribution in [3.05, 3.63) is 11.9 Å². The van der Waals surface area contributed by atoms with Crippen LogP contribution in [0.2, 0.25) is 0 Å². The first-order valence-electron chi connectivity index (χ1n) is 7.67. The fraction of sp³-hybridized carbons (Fsp3) is 0.643. The van der Waals surface area contributed by atoms with Crippen LogP contribution in [0.15, 0.2) is 6.20 Å². The highest BCUT2D eigenvalue weighted by Crippen LogP contribution is 2.21. The van der Waals surface area contributed by atoms with E-state index in [1.807, 2.05) is 25.5 Å². The average Bonchev–Trinajstić information content (AvgIpc) is 3.07. The summed E-state index contributed by atoms with van der Waals surface area (Å²) >= 11 is 0. The summed E-state index contributed by atoms with van der Waals surface area (Å²) in [5, 5.41) is 11.5. The number of aromatic nitrogens is 4. The van der Waals surface area contributed by atoms with E-state index in [0.29, 0.717) is 6.42 Å². The molecule has 23 heavy (non-hydrogen) atoms. The van der Waals surface area contributed by atoms with Crippen molar-refractivity contribution in [2.75, 3.05) is 11.5 Å². The summed E-state index contributed by atoms with van der Waals surface area (Å²) in [5.74, 6) is -0.0595. The zero-order valence-electron chi connectivity index (χ0n) is 13.5. The molecule has 0 aliphatic carbocycles. The molecule has 1 aliphatic heterocycles. The lowest BCUT2D eigenvalue weighted by molar-refractivity contribution is -0.122. The summed E-state index contributed by atoms with van der Waals surface area (Å²) in [5.41, 5.74) is 2.56. The monoisotopic (exact) mass is 339 g/mol. The molecule has 3 rings (SSSR count). The number of aryl methyl sites for hydroxylation is 1. The predicted molar refractivity (Wildman–Crippen MR) is 85.8 cm³/mol. The molecule has 1 aliphatic rings. The number of carbonyl (C=O) groups excluding carboxylic acids is 1. The van der Waals surface area contributed by atoms with E-state index < -0.39 is 9.84 Å². The molecule has 126 valence electrons. The minimum atomic E-state index is -3.00. The van der Waals surface area contributed by atoms with Crippen LogP contribution in [0.25, 0.3) is 11.0 Å². The van der Waals surface area contributed by atoms with Crippen molar-refractivity contribution in [1.82, 2.24) is 24.9 Å². The third-order valence-electron chi connectivity index (χ3n) is 4.05. The van der Waals surface area contributed by atoms with Gasteiger partial charge in [-0.3, -0.25) is 14.2 Å². The van der Waals surface area contributed by atoms with Crippen LogP contribution >= 0.6 is 0 Å². The lowest BCUT2D eigenvalue weighted by atomic mass is 10.2. The molecule has 0 radical (unpaired) electrons. The van der Waals surface area contributed by atoms with Crippen LogP contribution in [-0.4, -0.2) is 51.4 Å². The fourth-order valence-electron chi connectivity index (χ4n) is 3.01. The predicted octanol–water partition coefficient (Wildman–Crippen LogP) is 0.425. The Bertz CT molecular complexity index is 849. The van der Waals surface area contributed by atoms with Gasteiger partial charge in [-0.1, -0.05) is 0 Å². The van der Waals surface area contributed by atoms with E-state index in [4.69, 9.17) is 0 Å². The summed E-state index contributed by atoms with van der Waals surface area (Å²) in [7, 11) is -3.00. The number of nitrogens with one attached hydrogen (secondary N) is 1. The molecule has 0 saturated carbocycles. The largest absolute Gasteiger partial charge is 0.351 e. The second kappa shape index (κ2) is 5.63. The topological polar surface area (TPSA) is 98.9 Å². The second-order valence-corrected chi connectivity index (χ2v) is 8.56. The number of rotatable bonds is 4. The molecule has 9 heteroatoms. The highest BCUT2D eigenvalue weighted by molar-refractivity contribution is 7.91. The third kappa shape index (κ3) is 3.10. The first-order valence-corrected chi connectivity index (χ1v) is 9.49. The first-order chi connectivity index (χ1) is 10.8.